The molecule has 0 bridgehead atoms. The fourth-order valence-corrected chi connectivity index (χ4v) is 2.29. The van der Waals surface area contributed by atoms with Crippen molar-refractivity contribution in [2.75, 3.05) is 7.05 Å². The monoisotopic (exact) mass is 266 g/mol. The van der Waals surface area contributed by atoms with Crippen LogP contribution in [-0.2, 0) is 4.79 Å². The SMILES string of the molecule is CNC(=O)NC(=O)[C@H](C)Sc1ccc(C)c(C)c1. The topological polar surface area (TPSA) is 58.2 Å². The van der Waals surface area contributed by atoms with Gasteiger partial charge in [-0.3, -0.25) is 10.1 Å². The normalized spacial score (nSPS) is 11.8. The van der Waals surface area contributed by atoms with Crippen LogP contribution in [0.4, 0.5) is 4.79 Å². The van der Waals surface area contributed by atoms with Crippen LogP contribution in [0, 0.1) is 13.8 Å². The number of carbonyl (C=O) groups is 2. The van der Waals surface area contributed by atoms with Crippen LogP contribution in [0.3, 0.4) is 0 Å². The van der Waals surface area contributed by atoms with Gasteiger partial charge in [0, 0.05) is 11.9 Å². The molecule has 0 saturated carbocycles. The highest BCUT2D eigenvalue weighted by Crippen LogP contribution is 2.25. The summed E-state index contributed by atoms with van der Waals surface area (Å²) in [6, 6.07) is 5.58. The Hall–Kier alpha value is -1.49. The van der Waals surface area contributed by atoms with Crippen LogP contribution in [-0.4, -0.2) is 24.2 Å². The van der Waals surface area contributed by atoms with E-state index in [9.17, 15) is 9.59 Å². The number of amides is 3. The average Bonchev–Trinajstić information content (AvgIpc) is 2.33. The molecule has 0 aliphatic rings. The Labute approximate surface area is 112 Å². The Bertz CT molecular complexity index is 460. The summed E-state index contributed by atoms with van der Waals surface area (Å²) in [5.74, 6) is -0.294. The molecule has 1 rings (SSSR count). The van der Waals surface area contributed by atoms with E-state index in [2.05, 4.69) is 10.6 Å². The highest BCUT2D eigenvalue weighted by molar-refractivity contribution is 8.00. The third kappa shape index (κ3) is 4.07. The van der Waals surface area contributed by atoms with E-state index in [1.54, 1.807) is 6.92 Å². The third-order valence-corrected chi connectivity index (χ3v) is 3.72. The number of urea groups is 1. The Balaban J connectivity index is 2.63. The molecule has 0 aliphatic carbocycles. The molecule has 0 unspecified atom stereocenters. The van der Waals surface area contributed by atoms with Gasteiger partial charge in [0.1, 0.15) is 0 Å². The average molecular weight is 266 g/mol. The van der Waals surface area contributed by atoms with Gasteiger partial charge in [-0.25, -0.2) is 4.79 Å². The number of hydrogen-bond acceptors (Lipinski definition) is 3. The van der Waals surface area contributed by atoms with Crippen LogP contribution < -0.4 is 10.6 Å². The first-order valence-corrected chi connectivity index (χ1v) is 6.58. The van der Waals surface area contributed by atoms with Crippen molar-refractivity contribution in [1.82, 2.24) is 10.6 Å². The van der Waals surface area contributed by atoms with E-state index in [1.165, 1.54) is 29.9 Å². The number of aryl methyl sites for hydroxylation is 2. The first kappa shape index (κ1) is 14.6. The molecule has 1 aromatic carbocycles. The fraction of sp³-hybridized carbons (Fsp3) is 0.385. The molecule has 5 heteroatoms. The largest absolute Gasteiger partial charge is 0.341 e. The quantitative estimate of drug-likeness (QED) is 0.825. The third-order valence-electron chi connectivity index (χ3n) is 2.62. The second-order valence-corrected chi connectivity index (χ2v) is 5.49. The summed E-state index contributed by atoms with van der Waals surface area (Å²) in [6.07, 6.45) is 0. The first-order valence-electron chi connectivity index (χ1n) is 5.70. The van der Waals surface area contributed by atoms with Crippen molar-refractivity contribution >= 4 is 23.7 Å². The van der Waals surface area contributed by atoms with Gasteiger partial charge in [-0.1, -0.05) is 6.07 Å². The lowest BCUT2D eigenvalue weighted by Gasteiger charge is -2.11. The molecule has 3 amide bonds. The second kappa shape index (κ2) is 6.44. The Morgan fingerprint density at radius 1 is 1.22 bits per heavy atom. The lowest BCUT2D eigenvalue weighted by molar-refractivity contribution is -0.119. The molecule has 0 aliphatic heterocycles. The summed E-state index contributed by atoms with van der Waals surface area (Å²) in [6.45, 7) is 5.86. The van der Waals surface area contributed by atoms with Crippen molar-refractivity contribution in [2.24, 2.45) is 0 Å². The van der Waals surface area contributed by atoms with Crippen LogP contribution >= 0.6 is 11.8 Å². The maximum Gasteiger partial charge on any atom is 0.321 e. The molecule has 0 fully saturated rings. The zero-order valence-electron chi connectivity index (χ0n) is 11.0. The Morgan fingerprint density at radius 3 is 2.44 bits per heavy atom. The van der Waals surface area contributed by atoms with Crippen LogP contribution in [0.1, 0.15) is 18.1 Å². The number of imide groups is 1. The van der Waals surface area contributed by atoms with Gasteiger partial charge in [0.2, 0.25) is 5.91 Å². The molecule has 2 N–H and O–H groups in total. The number of benzene rings is 1. The van der Waals surface area contributed by atoms with Gasteiger partial charge >= 0.3 is 6.03 Å². The number of thioether (sulfide) groups is 1. The molecule has 0 aromatic heterocycles. The highest BCUT2D eigenvalue weighted by Gasteiger charge is 2.16. The number of rotatable bonds is 3. The minimum absolute atomic E-state index is 0.294. The molecule has 1 aromatic rings. The van der Waals surface area contributed by atoms with E-state index in [0.717, 1.165) is 4.90 Å². The molecule has 0 saturated heterocycles. The molecular formula is C13H18N2O2S. The fourth-order valence-electron chi connectivity index (χ4n) is 1.32. The molecular weight excluding hydrogens is 248 g/mol. The van der Waals surface area contributed by atoms with Gasteiger partial charge < -0.3 is 5.32 Å². The minimum Gasteiger partial charge on any atom is -0.341 e. The summed E-state index contributed by atoms with van der Waals surface area (Å²) >= 11 is 1.43. The second-order valence-electron chi connectivity index (χ2n) is 4.07. The van der Waals surface area contributed by atoms with Crippen molar-refractivity contribution in [2.45, 2.75) is 30.9 Å². The zero-order chi connectivity index (χ0) is 13.7. The van der Waals surface area contributed by atoms with Crippen molar-refractivity contribution in [3.63, 3.8) is 0 Å². The molecule has 4 nitrogen and oxygen atoms in total. The van der Waals surface area contributed by atoms with Crippen molar-refractivity contribution in [3.8, 4) is 0 Å². The summed E-state index contributed by atoms with van der Waals surface area (Å²) in [5, 5.41) is 4.30. The number of carbonyl (C=O) groups excluding carboxylic acids is 2. The minimum atomic E-state index is -0.479. The molecule has 0 radical (unpaired) electrons. The van der Waals surface area contributed by atoms with E-state index in [-0.39, 0.29) is 11.2 Å². The van der Waals surface area contributed by atoms with E-state index < -0.39 is 6.03 Å². The lowest BCUT2D eigenvalue weighted by Crippen LogP contribution is -2.41. The van der Waals surface area contributed by atoms with Crippen molar-refractivity contribution < 1.29 is 9.59 Å². The molecule has 98 valence electrons. The maximum atomic E-state index is 11.7. The van der Waals surface area contributed by atoms with Crippen molar-refractivity contribution in [1.29, 1.82) is 0 Å². The smallest absolute Gasteiger partial charge is 0.321 e. The maximum absolute atomic E-state index is 11.7. The summed E-state index contributed by atoms with van der Waals surface area (Å²) in [5.41, 5.74) is 2.42. The highest BCUT2D eigenvalue weighted by atomic mass is 32.2. The van der Waals surface area contributed by atoms with Gasteiger partial charge in [-0.2, -0.15) is 0 Å². The summed E-state index contributed by atoms with van der Waals surface area (Å²) < 4.78 is 0. The van der Waals surface area contributed by atoms with E-state index in [1.807, 2.05) is 32.0 Å². The van der Waals surface area contributed by atoms with E-state index >= 15 is 0 Å². The van der Waals surface area contributed by atoms with Gasteiger partial charge in [0.25, 0.3) is 0 Å². The lowest BCUT2D eigenvalue weighted by atomic mass is 10.1. The first-order chi connectivity index (χ1) is 8.43. The standard InChI is InChI=1S/C13H18N2O2S/c1-8-5-6-11(7-9(8)2)18-10(3)12(16)15-13(17)14-4/h5-7,10H,1-4H3,(H2,14,15,16,17)/t10-/m0/s1. The van der Waals surface area contributed by atoms with Crippen LogP contribution in [0.2, 0.25) is 0 Å². The van der Waals surface area contributed by atoms with Crippen LogP contribution in [0.15, 0.2) is 23.1 Å². The Kier molecular flexibility index (Phi) is 5.22. The zero-order valence-corrected chi connectivity index (χ0v) is 11.9. The Morgan fingerprint density at radius 2 is 1.89 bits per heavy atom. The summed E-state index contributed by atoms with van der Waals surface area (Å²) in [7, 11) is 1.48. The van der Waals surface area contributed by atoms with Crippen LogP contribution in [0.5, 0.6) is 0 Å². The summed E-state index contributed by atoms with van der Waals surface area (Å²) in [4.78, 5) is 23.7. The number of hydrogen-bond donors (Lipinski definition) is 2. The van der Waals surface area contributed by atoms with E-state index in [4.69, 9.17) is 0 Å². The predicted molar refractivity (Wildman–Crippen MR) is 73.8 cm³/mol. The van der Waals surface area contributed by atoms with Crippen LogP contribution in [0.25, 0.3) is 0 Å². The number of nitrogens with one attached hydrogen (secondary N) is 2. The molecule has 1 atom stereocenters. The predicted octanol–water partition coefficient (Wildman–Crippen LogP) is 2.24. The molecule has 0 heterocycles. The van der Waals surface area contributed by atoms with Gasteiger partial charge in [-0.05, 0) is 44.0 Å². The van der Waals surface area contributed by atoms with E-state index in [0.29, 0.717) is 0 Å². The van der Waals surface area contributed by atoms with Gasteiger partial charge in [-0.15, -0.1) is 11.8 Å². The molecule has 18 heavy (non-hydrogen) atoms. The molecule has 0 spiro atoms. The van der Waals surface area contributed by atoms with Crippen molar-refractivity contribution in [3.05, 3.63) is 29.3 Å². The van der Waals surface area contributed by atoms with Gasteiger partial charge in [0.05, 0.1) is 5.25 Å². The van der Waals surface area contributed by atoms with Gasteiger partial charge in [0.15, 0.2) is 0 Å².